The van der Waals surface area contributed by atoms with E-state index in [0.29, 0.717) is 23.7 Å². The van der Waals surface area contributed by atoms with Crippen LogP contribution < -0.4 is 15.4 Å². The Kier molecular flexibility index (Phi) is 5.38. The molecule has 1 saturated heterocycles. The molecule has 4 rings (SSSR count). The van der Waals surface area contributed by atoms with E-state index in [0.717, 1.165) is 35.5 Å². The Hall–Kier alpha value is -3.81. The summed E-state index contributed by atoms with van der Waals surface area (Å²) in [6.07, 6.45) is 11.1. The van der Waals surface area contributed by atoms with Crippen molar-refractivity contribution in [2.24, 2.45) is 10.7 Å². The number of nitrogens with zero attached hydrogens (tertiary/aromatic N) is 4. The van der Waals surface area contributed by atoms with Gasteiger partial charge in [0.15, 0.2) is 11.5 Å². The van der Waals surface area contributed by atoms with Gasteiger partial charge in [-0.15, -0.1) is 0 Å². The van der Waals surface area contributed by atoms with Gasteiger partial charge < -0.3 is 25.2 Å². The number of rotatable bonds is 5. The monoisotopic (exact) mass is 405 g/mol. The predicted octanol–water partition coefficient (Wildman–Crippen LogP) is 2.82. The van der Waals surface area contributed by atoms with Gasteiger partial charge in [0.25, 0.3) is 0 Å². The van der Waals surface area contributed by atoms with Gasteiger partial charge in [0.1, 0.15) is 18.2 Å². The summed E-state index contributed by atoms with van der Waals surface area (Å²) >= 11 is 0. The highest BCUT2D eigenvalue weighted by atomic mass is 16.5. The summed E-state index contributed by atoms with van der Waals surface area (Å²) in [7, 11) is 1.51. The summed E-state index contributed by atoms with van der Waals surface area (Å²) in [5, 5.41) is 10.8. The third-order valence-corrected chi connectivity index (χ3v) is 5.01. The average Bonchev–Trinajstić information content (AvgIpc) is 3.22. The van der Waals surface area contributed by atoms with Gasteiger partial charge >= 0.3 is 0 Å². The first-order valence-electron chi connectivity index (χ1n) is 9.57. The van der Waals surface area contributed by atoms with Crippen LogP contribution >= 0.6 is 0 Å². The Morgan fingerprint density at radius 2 is 2.17 bits per heavy atom. The number of aliphatic imine (C=N–C) groups is 1. The summed E-state index contributed by atoms with van der Waals surface area (Å²) in [4.78, 5) is 15.3. The number of hydrogen-bond acceptors (Lipinski definition) is 8. The van der Waals surface area contributed by atoms with Crippen LogP contribution in [0.4, 0.5) is 5.82 Å². The number of anilines is 1. The Balaban J connectivity index is 1.52. The highest BCUT2D eigenvalue weighted by molar-refractivity contribution is 6.11. The highest BCUT2D eigenvalue weighted by Gasteiger charge is 2.27. The lowest BCUT2D eigenvalue weighted by atomic mass is 10.1. The zero-order chi connectivity index (χ0) is 21.1. The van der Waals surface area contributed by atoms with Gasteiger partial charge in [-0.2, -0.15) is 0 Å². The maximum absolute atomic E-state index is 10.0. The number of allylic oxidation sites excluding steroid dienone is 5. The van der Waals surface area contributed by atoms with Crippen molar-refractivity contribution in [3.05, 3.63) is 67.0 Å². The molecule has 1 aromatic carbocycles. The Morgan fingerprint density at radius 1 is 1.33 bits per heavy atom. The zero-order valence-electron chi connectivity index (χ0n) is 16.7. The van der Waals surface area contributed by atoms with E-state index in [2.05, 4.69) is 26.4 Å². The lowest BCUT2D eigenvalue weighted by molar-refractivity contribution is 0.132. The van der Waals surface area contributed by atoms with Crippen LogP contribution in [0.15, 0.2) is 72.0 Å². The molecule has 30 heavy (non-hydrogen) atoms. The molecule has 154 valence electrons. The van der Waals surface area contributed by atoms with Crippen molar-refractivity contribution >= 4 is 22.4 Å². The van der Waals surface area contributed by atoms with E-state index in [4.69, 9.17) is 15.2 Å². The van der Waals surface area contributed by atoms with Crippen molar-refractivity contribution < 1.29 is 14.6 Å². The van der Waals surface area contributed by atoms with E-state index < -0.39 is 0 Å². The first-order valence-corrected chi connectivity index (χ1v) is 9.57. The minimum atomic E-state index is -0.0930. The molecule has 0 spiro atoms. The maximum atomic E-state index is 10.0. The zero-order valence-corrected chi connectivity index (χ0v) is 16.7. The van der Waals surface area contributed by atoms with Crippen LogP contribution in [-0.2, 0) is 4.74 Å². The third-order valence-electron chi connectivity index (χ3n) is 5.01. The second-order valence-electron chi connectivity index (χ2n) is 6.96. The molecule has 1 aromatic heterocycles. The van der Waals surface area contributed by atoms with Crippen LogP contribution in [0.2, 0.25) is 0 Å². The smallest absolute Gasteiger partial charge is 0.230 e. The van der Waals surface area contributed by atoms with Crippen LogP contribution in [0, 0.1) is 0 Å². The predicted molar refractivity (Wildman–Crippen MR) is 117 cm³/mol. The standard InChI is InChI=1S/C22H23N5O3/c1-14-5-3-4-6-17(14)26-21(11-23)30-15-7-8-27(12-15)22-16-9-20(29-2)19(28)10-18(16)24-13-25-22/h3-6,9-11,13,15,28H,1,7-8,12,23H2,2H3/b21-11+,26-17-. The molecule has 2 aliphatic rings. The molecule has 1 atom stereocenters. The number of benzene rings is 1. The molecule has 1 fully saturated rings. The van der Waals surface area contributed by atoms with Gasteiger partial charge in [0.05, 0.1) is 31.1 Å². The topological polar surface area (TPSA) is 106 Å². The molecular formula is C22H23N5O3. The fraction of sp³-hybridized carbons (Fsp3) is 0.227. The van der Waals surface area contributed by atoms with Crippen molar-refractivity contribution in [3.8, 4) is 11.5 Å². The molecule has 2 heterocycles. The molecule has 0 saturated carbocycles. The van der Waals surface area contributed by atoms with Crippen LogP contribution in [0.25, 0.3) is 10.9 Å². The van der Waals surface area contributed by atoms with E-state index in [1.165, 1.54) is 19.6 Å². The van der Waals surface area contributed by atoms with Crippen molar-refractivity contribution in [1.82, 2.24) is 9.97 Å². The second-order valence-corrected chi connectivity index (χ2v) is 6.96. The minimum absolute atomic E-state index is 0.0438. The number of phenolic OH excluding ortho intramolecular Hbond substituents is 1. The molecule has 1 aliphatic carbocycles. The van der Waals surface area contributed by atoms with E-state index in [-0.39, 0.29) is 11.9 Å². The van der Waals surface area contributed by atoms with Gasteiger partial charge in [-0.1, -0.05) is 24.8 Å². The second kappa shape index (κ2) is 8.28. The van der Waals surface area contributed by atoms with Gasteiger partial charge in [0, 0.05) is 24.4 Å². The molecule has 1 unspecified atom stereocenters. The number of fused-ring (bicyclic) bond motifs is 1. The average molecular weight is 405 g/mol. The van der Waals surface area contributed by atoms with E-state index in [1.54, 1.807) is 12.1 Å². The first kappa shape index (κ1) is 19.5. The Bertz CT molecular complexity index is 1100. The van der Waals surface area contributed by atoms with Gasteiger partial charge in [-0.25, -0.2) is 15.0 Å². The molecule has 0 radical (unpaired) electrons. The maximum Gasteiger partial charge on any atom is 0.230 e. The van der Waals surface area contributed by atoms with E-state index >= 15 is 0 Å². The molecule has 1 aliphatic heterocycles. The number of hydrogen-bond donors (Lipinski definition) is 2. The van der Waals surface area contributed by atoms with Crippen molar-refractivity contribution in [2.45, 2.75) is 12.5 Å². The SMILES string of the molecule is C=C1C=CC=C/C1=N/C(=C\N)OC1CCN(c2ncnc3cc(O)c(OC)cc23)C1. The molecule has 0 bridgehead atoms. The molecule has 3 N–H and O–H groups in total. The fourth-order valence-electron chi connectivity index (χ4n) is 3.50. The number of aromatic nitrogens is 2. The quantitative estimate of drug-likeness (QED) is 0.737. The highest BCUT2D eigenvalue weighted by Crippen LogP contribution is 2.35. The van der Waals surface area contributed by atoms with E-state index in [1.807, 2.05) is 24.3 Å². The number of ether oxygens (including phenoxy) is 2. The molecular weight excluding hydrogens is 382 g/mol. The molecule has 2 aromatic rings. The van der Waals surface area contributed by atoms with Gasteiger partial charge in [-0.3, -0.25) is 0 Å². The van der Waals surface area contributed by atoms with Crippen LogP contribution in [0.5, 0.6) is 11.5 Å². The van der Waals surface area contributed by atoms with Crippen molar-refractivity contribution in [3.63, 3.8) is 0 Å². The van der Waals surface area contributed by atoms with Gasteiger partial charge in [0.2, 0.25) is 5.88 Å². The Labute approximate surface area is 174 Å². The summed E-state index contributed by atoms with van der Waals surface area (Å²) in [5.41, 5.74) is 7.91. The van der Waals surface area contributed by atoms with Crippen LogP contribution in [0.3, 0.4) is 0 Å². The molecule has 0 amide bonds. The van der Waals surface area contributed by atoms with Crippen molar-refractivity contribution in [1.29, 1.82) is 0 Å². The molecule has 8 heteroatoms. The summed E-state index contributed by atoms with van der Waals surface area (Å²) in [6.45, 7) is 5.35. The Morgan fingerprint density at radius 3 is 2.93 bits per heavy atom. The number of nitrogens with two attached hydrogens (primary N) is 1. The van der Waals surface area contributed by atoms with Crippen LogP contribution in [0.1, 0.15) is 6.42 Å². The minimum Gasteiger partial charge on any atom is -0.504 e. The largest absolute Gasteiger partial charge is 0.504 e. The third kappa shape index (κ3) is 3.84. The van der Waals surface area contributed by atoms with Crippen LogP contribution in [-0.4, -0.2) is 47.1 Å². The van der Waals surface area contributed by atoms with Crippen molar-refractivity contribution in [2.75, 3.05) is 25.1 Å². The lowest BCUT2D eigenvalue weighted by Crippen LogP contribution is -2.24. The molecule has 8 nitrogen and oxygen atoms in total. The van der Waals surface area contributed by atoms with E-state index in [9.17, 15) is 5.11 Å². The normalized spacial score (nSPS) is 20.4. The number of methoxy groups -OCH3 is 1. The summed E-state index contributed by atoms with van der Waals surface area (Å²) < 4.78 is 11.3. The first-order chi connectivity index (χ1) is 14.6. The summed E-state index contributed by atoms with van der Waals surface area (Å²) in [5.74, 6) is 1.55. The summed E-state index contributed by atoms with van der Waals surface area (Å²) in [6, 6.07) is 3.33. The number of aromatic hydroxyl groups is 1. The fourth-order valence-corrected chi connectivity index (χ4v) is 3.50. The number of phenols is 1. The lowest BCUT2D eigenvalue weighted by Gasteiger charge is -2.20. The van der Waals surface area contributed by atoms with Gasteiger partial charge in [-0.05, 0) is 17.7 Å².